The fourth-order valence-corrected chi connectivity index (χ4v) is 2.14. The Morgan fingerprint density at radius 2 is 2.28 bits per heavy atom. The van der Waals surface area contributed by atoms with Gasteiger partial charge in [0.1, 0.15) is 6.26 Å². The van der Waals surface area contributed by atoms with Gasteiger partial charge >= 0.3 is 0 Å². The van der Waals surface area contributed by atoms with E-state index in [1.807, 2.05) is 0 Å². The van der Waals surface area contributed by atoms with E-state index in [1.54, 1.807) is 6.92 Å². The van der Waals surface area contributed by atoms with Crippen LogP contribution in [-0.4, -0.2) is 16.2 Å². The minimum Gasteiger partial charge on any atom is -0.439 e. The largest absolute Gasteiger partial charge is 0.439 e. The summed E-state index contributed by atoms with van der Waals surface area (Å²) in [5, 5.41) is 11.0. The first-order valence-electron chi connectivity index (χ1n) is 4.94. The van der Waals surface area contributed by atoms with Crippen LogP contribution in [0.15, 0.2) is 39.0 Å². The molecule has 0 atom stereocenters. The van der Waals surface area contributed by atoms with Crippen molar-refractivity contribution in [3.05, 3.63) is 45.8 Å². The second-order valence-corrected chi connectivity index (χ2v) is 4.45. The molecular formula is C11H8N2O4S. The lowest BCUT2D eigenvalue weighted by Crippen LogP contribution is -1.92. The highest BCUT2D eigenvalue weighted by Gasteiger charge is 2.13. The fraction of sp³-hybridized carbons (Fsp3) is 0.0909. The maximum atomic E-state index is 10.9. The van der Waals surface area contributed by atoms with E-state index >= 15 is 0 Å². The Labute approximate surface area is 106 Å². The summed E-state index contributed by atoms with van der Waals surface area (Å²) in [4.78, 5) is 25.6. The summed E-state index contributed by atoms with van der Waals surface area (Å²) in [5.41, 5.74) is 0.849. The number of oxazole rings is 1. The number of aryl methyl sites for hydroxylation is 1. The van der Waals surface area contributed by atoms with Gasteiger partial charge in [-0.15, -0.1) is 0 Å². The Bertz CT molecular complexity index is 609. The van der Waals surface area contributed by atoms with Crippen molar-refractivity contribution in [1.29, 1.82) is 0 Å². The van der Waals surface area contributed by atoms with Gasteiger partial charge in [-0.3, -0.25) is 14.9 Å². The standard InChI is InChI=1S/C11H8N2O4S/c1-7-6-17-11(12-7)18-10-3-2-9(13(15)16)4-8(10)5-14/h2-6H,1H3. The van der Waals surface area contributed by atoms with Crippen molar-refractivity contribution in [3.63, 3.8) is 0 Å². The van der Waals surface area contributed by atoms with E-state index in [4.69, 9.17) is 4.42 Å². The number of nitro groups is 1. The van der Waals surface area contributed by atoms with Gasteiger partial charge in [-0.25, -0.2) is 4.98 Å². The van der Waals surface area contributed by atoms with Gasteiger partial charge in [-0.05, 0) is 24.8 Å². The van der Waals surface area contributed by atoms with Gasteiger partial charge in [0.15, 0.2) is 6.29 Å². The van der Waals surface area contributed by atoms with Crippen LogP contribution >= 0.6 is 11.8 Å². The van der Waals surface area contributed by atoms with Crippen LogP contribution in [0.3, 0.4) is 0 Å². The molecule has 0 N–H and O–H groups in total. The number of hydrogen-bond donors (Lipinski definition) is 0. The first-order chi connectivity index (χ1) is 8.60. The maximum absolute atomic E-state index is 10.9. The van der Waals surface area contributed by atoms with Crippen molar-refractivity contribution in [2.75, 3.05) is 0 Å². The van der Waals surface area contributed by atoms with Gasteiger partial charge in [-0.1, -0.05) is 0 Å². The van der Waals surface area contributed by atoms with E-state index in [9.17, 15) is 14.9 Å². The molecule has 0 radical (unpaired) electrons. The van der Waals surface area contributed by atoms with Crippen LogP contribution < -0.4 is 0 Å². The second kappa shape index (κ2) is 5.01. The Morgan fingerprint density at radius 1 is 1.50 bits per heavy atom. The van der Waals surface area contributed by atoms with Crippen LogP contribution in [0.4, 0.5) is 5.69 Å². The molecule has 0 aliphatic carbocycles. The zero-order valence-corrected chi connectivity index (χ0v) is 10.1. The first kappa shape index (κ1) is 12.3. The summed E-state index contributed by atoms with van der Waals surface area (Å²) < 4.78 is 5.15. The average molecular weight is 264 g/mol. The molecule has 1 aromatic heterocycles. The highest BCUT2D eigenvalue weighted by Crippen LogP contribution is 2.31. The monoisotopic (exact) mass is 264 g/mol. The van der Waals surface area contributed by atoms with Crippen LogP contribution in [0.1, 0.15) is 16.1 Å². The molecule has 0 aliphatic rings. The number of hydrogen-bond acceptors (Lipinski definition) is 6. The number of rotatable bonds is 4. The summed E-state index contributed by atoms with van der Waals surface area (Å²) >= 11 is 1.15. The number of aromatic nitrogens is 1. The molecule has 0 bridgehead atoms. The molecule has 0 fully saturated rings. The summed E-state index contributed by atoms with van der Waals surface area (Å²) in [6.45, 7) is 1.78. The minimum atomic E-state index is -0.545. The Kier molecular flexibility index (Phi) is 3.42. The number of nitrogens with zero attached hydrogens (tertiary/aromatic N) is 2. The molecule has 0 saturated heterocycles. The fourth-order valence-electron chi connectivity index (χ4n) is 1.31. The van der Waals surface area contributed by atoms with Gasteiger partial charge in [0, 0.05) is 22.6 Å². The topological polar surface area (TPSA) is 86.2 Å². The zero-order valence-electron chi connectivity index (χ0n) is 9.32. The van der Waals surface area contributed by atoms with Gasteiger partial charge in [-0.2, -0.15) is 0 Å². The lowest BCUT2D eigenvalue weighted by atomic mass is 10.2. The van der Waals surface area contributed by atoms with E-state index < -0.39 is 4.92 Å². The van der Waals surface area contributed by atoms with Crippen molar-refractivity contribution < 1.29 is 14.1 Å². The second-order valence-electron chi connectivity index (χ2n) is 3.45. The molecule has 1 aromatic carbocycles. The quantitative estimate of drug-likeness (QED) is 0.479. The van der Waals surface area contributed by atoms with E-state index in [1.165, 1.54) is 24.5 Å². The molecule has 92 valence electrons. The van der Waals surface area contributed by atoms with Crippen LogP contribution in [0.5, 0.6) is 0 Å². The van der Waals surface area contributed by atoms with Gasteiger partial charge < -0.3 is 4.42 Å². The summed E-state index contributed by atoms with van der Waals surface area (Å²) in [6, 6.07) is 4.07. The summed E-state index contributed by atoms with van der Waals surface area (Å²) in [7, 11) is 0. The van der Waals surface area contributed by atoms with E-state index in [0.717, 1.165) is 17.5 Å². The average Bonchev–Trinajstić information content (AvgIpc) is 2.75. The predicted molar refractivity (Wildman–Crippen MR) is 63.8 cm³/mol. The number of non-ortho nitro benzene ring substituents is 1. The summed E-state index contributed by atoms with van der Waals surface area (Å²) in [6.07, 6.45) is 2.07. The molecule has 2 aromatic rings. The maximum Gasteiger partial charge on any atom is 0.270 e. The van der Waals surface area contributed by atoms with Crippen molar-refractivity contribution >= 4 is 23.7 Å². The van der Waals surface area contributed by atoms with Gasteiger partial charge in [0.05, 0.1) is 10.6 Å². The Balaban J connectivity index is 2.33. The molecule has 1 heterocycles. The minimum absolute atomic E-state index is 0.120. The van der Waals surface area contributed by atoms with Crippen LogP contribution in [-0.2, 0) is 0 Å². The van der Waals surface area contributed by atoms with Crippen LogP contribution in [0.25, 0.3) is 0 Å². The van der Waals surface area contributed by atoms with Crippen molar-refractivity contribution in [2.45, 2.75) is 17.0 Å². The van der Waals surface area contributed by atoms with Crippen LogP contribution in [0, 0.1) is 17.0 Å². The smallest absolute Gasteiger partial charge is 0.270 e. The van der Waals surface area contributed by atoms with Crippen molar-refractivity contribution in [3.8, 4) is 0 Å². The van der Waals surface area contributed by atoms with Gasteiger partial charge in [0.2, 0.25) is 0 Å². The lowest BCUT2D eigenvalue weighted by molar-refractivity contribution is -0.384. The van der Waals surface area contributed by atoms with E-state index in [-0.39, 0.29) is 11.3 Å². The number of nitro benzene ring substituents is 1. The highest BCUT2D eigenvalue weighted by atomic mass is 32.2. The van der Waals surface area contributed by atoms with Crippen LogP contribution in [0.2, 0.25) is 0 Å². The molecule has 0 unspecified atom stereocenters. The molecule has 6 nitrogen and oxygen atoms in total. The van der Waals surface area contributed by atoms with Gasteiger partial charge in [0.25, 0.3) is 10.9 Å². The molecule has 18 heavy (non-hydrogen) atoms. The number of aldehydes is 1. The Hall–Kier alpha value is -2.15. The number of benzene rings is 1. The molecule has 7 heteroatoms. The lowest BCUT2D eigenvalue weighted by Gasteiger charge is -2.00. The van der Waals surface area contributed by atoms with E-state index in [0.29, 0.717) is 16.4 Å². The zero-order chi connectivity index (χ0) is 13.1. The normalized spacial score (nSPS) is 10.3. The highest BCUT2D eigenvalue weighted by molar-refractivity contribution is 7.99. The van der Waals surface area contributed by atoms with Crippen molar-refractivity contribution in [1.82, 2.24) is 4.98 Å². The molecule has 2 rings (SSSR count). The SMILES string of the molecule is Cc1coc(Sc2ccc([N+](=O)[O-])cc2C=O)n1. The third-order valence-corrected chi connectivity index (χ3v) is 3.08. The molecule has 0 spiro atoms. The third kappa shape index (κ3) is 2.57. The summed E-state index contributed by atoms with van der Waals surface area (Å²) in [5.74, 6) is 0. The molecule has 0 amide bonds. The molecular weight excluding hydrogens is 256 g/mol. The molecule has 0 aliphatic heterocycles. The predicted octanol–water partition coefficient (Wildman–Crippen LogP) is 2.85. The third-order valence-electron chi connectivity index (χ3n) is 2.13. The van der Waals surface area contributed by atoms with Crippen molar-refractivity contribution in [2.24, 2.45) is 0 Å². The first-order valence-corrected chi connectivity index (χ1v) is 5.75. The molecule has 0 saturated carbocycles. The number of carbonyl (C=O) groups is 1. The van der Waals surface area contributed by atoms with E-state index in [2.05, 4.69) is 4.98 Å². The number of carbonyl (C=O) groups excluding carboxylic acids is 1. The Morgan fingerprint density at radius 3 is 2.83 bits per heavy atom.